The number of halogens is 1. The third kappa shape index (κ3) is 9.37. The van der Waals surface area contributed by atoms with E-state index in [2.05, 4.69) is 37.8 Å². The number of benzene rings is 2. The standard InChI is InChI=1S/C29H34ClN7O5/c1-6-24(38)34-20-10-7-8-11-21(20)35-26-19(30)16-33-27(37-26)36-22-15-18(25(31)39)23(14-17(22)2)41-13-9-12-32-28(40)42-29(3,4)5/h6-8,10-11,14-16H,1,9,12-13H2,2-5H3,(H2,31,39)(H,32,40)(H,34,38)(H2,33,35,36,37). The summed E-state index contributed by atoms with van der Waals surface area (Å²) in [4.78, 5) is 44.5. The number of hydrogen-bond donors (Lipinski definition) is 5. The Morgan fingerprint density at radius 2 is 1.81 bits per heavy atom. The summed E-state index contributed by atoms with van der Waals surface area (Å²) in [5.74, 6) is -0.277. The molecule has 0 unspecified atom stereocenters. The van der Waals surface area contributed by atoms with Crippen LogP contribution in [-0.2, 0) is 9.53 Å². The molecule has 6 N–H and O–H groups in total. The lowest BCUT2D eigenvalue weighted by molar-refractivity contribution is -0.111. The minimum Gasteiger partial charge on any atom is -0.493 e. The Morgan fingerprint density at radius 1 is 1.10 bits per heavy atom. The molecule has 13 heteroatoms. The van der Waals surface area contributed by atoms with E-state index >= 15 is 0 Å². The van der Waals surface area contributed by atoms with Gasteiger partial charge in [0.15, 0.2) is 5.82 Å². The van der Waals surface area contributed by atoms with Gasteiger partial charge in [0, 0.05) is 12.2 Å². The van der Waals surface area contributed by atoms with E-state index in [0.717, 1.165) is 5.56 Å². The van der Waals surface area contributed by atoms with Gasteiger partial charge in [0.05, 0.1) is 29.7 Å². The van der Waals surface area contributed by atoms with Gasteiger partial charge in [0.1, 0.15) is 16.4 Å². The van der Waals surface area contributed by atoms with E-state index in [1.807, 2.05) is 6.92 Å². The molecule has 0 aliphatic rings. The molecule has 0 spiro atoms. The smallest absolute Gasteiger partial charge is 0.407 e. The lowest BCUT2D eigenvalue weighted by Crippen LogP contribution is -2.33. The molecule has 2 aromatic carbocycles. The third-order valence-electron chi connectivity index (χ3n) is 5.45. The monoisotopic (exact) mass is 595 g/mol. The van der Waals surface area contributed by atoms with Gasteiger partial charge < -0.3 is 36.5 Å². The van der Waals surface area contributed by atoms with Crippen molar-refractivity contribution in [3.63, 3.8) is 0 Å². The second kappa shape index (κ2) is 14.2. The number of carbonyl (C=O) groups excluding carboxylic acids is 3. The summed E-state index contributed by atoms with van der Waals surface area (Å²) in [7, 11) is 0. The van der Waals surface area contributed by atoms with E-state index in [4.69, 9.17) is 26.8 Å². The van der Waals surface area contributed by atoms with E-state index in [0.29, 0.717) is 35.8 Å². The zero-order chi connectivity index (χ0) is 30.9. The van der Waals surface area contributed by atoms with Crippen LogP contribution in [0.1, 0.15) is 43.1 Å². The van der Waals surface area contributed by atoms with Crippen LogP contribution < -0.4 is 31.7 Å². The molecular formula is C29H34ClN7O5. The molecule has 0 radical (unpaired) electrons. The number of aryl methyl sites for hydroxylation is 1. The largest absolute Gasteiger partial charge is 0.493 e. The molecule has 0 saturated carbocycles. The highest BCUT2D eigenvalue weighted by atomic mass is 35.5. The first-order valence-corrected chi connectivity index (χ1v) is 13.4. The van der Waals surface area contributed by atoms with Gasteiger partial charge in [-0.3, -0.25) is 9.59 Å². The fraction of sp³-hybridized carbons (Fsp3) is 0.276. The van der Waals surface area contributed by atoms with Crippen molar-refractivity contribution >= 4 is 58.3 Å². The summed E-state index contributed by atoms with van der Waals surface area (Å²) < 4.78 is 11.0. The van der Waals surface area contributed by atoms with Crippen molar-refractivity contribution < 1.29 is 23.9 Å². The molecule has 1 heterocycles. The second-order valence-corrected chi connectivity index (χ2v) is 10.4. The van der Waals surface area contributed by atoms with Crippen LogP contribution in [0.5, 0.6) is 5.75 Å². The maximum atomic E-state index is 12.2. The first-order chi connectivity index (χ1) is 19.9. The van der Waals surface area contributed by atoms with Crippen LogP contribution in [0, 0.1) is 6.92 Å². The normalized spacial score (nSPS) is 10.8. The number of alkyl carbamates (subject to hydrolysis) is 1. The molecule has 222 valence electrons. The molecule has 0 fully saturated rings. The lowest BCUT2D eigenvalue weighted by Gasteiger charge is -2.19. The second-order valence-electron chi connectivity index (χ2n) is 10.0. The number of nitrogens with two attached hydrogens (primary N) is 1. The van der Waals surface area contributed by atoms with Gasteiger partial charge in [0.2, 0.25) is 11.9 Å². The SMILES string of the molecule is C=CC(=O)Nc1ccccc1Nc1nc(Nc2cc(C(N)=O)c(OCCCNC(=O)OC(C)(C)C)cc2C)ncc1Cl. The molecule has 3 amide bonds. The number of amides is 3. The highest BCUT2D eigenvalue weighted by Gasteiger charge is 2.17. The number of nitrogens with zero attached hydrogens (tertiary/aromatic N) is 2. The molecule has 0 bridgehead atoms. The number of ether oxygens (including phenoxy) is 2. The highest BCUT2D eigenvalue weighted by Crippen LogP contribution is 2.31. The Hall–Kier alpha value is -4.84. The van der Waals surface area contributed by atoms with Crippen molar-refractivity contribution in [2.75, 3.05) is 29.1 Å². The fourth-order valence-electron chi connectivity index (χ4n) is 3.53. The van der Waals surface area contributed by atoms with Crippen LogP contribution in [0.3, 0.4) is 0 Å². The molecule has 3 rings (SSSR count). The first kappa shape index (κ1) is 31.7. The van der Waals surface area contributed by atoms with E-state index in [-0.39, 0.29) is 34.9 Å². The van der Waals surface area contributed by atoms with Crippen LogP contribution in [0.4, 0.5) is 33.6 Å². The van der Waals surface area contributed by atoms with Gasteiger partial charge in [-0.15, -0.1) is 0 Å². The number of anilines is 5. The Kier molecular flexibility index (Phi) is 10.7. The van der Waals surface area contributed by atoms with Crippen LogP contribution in [-0.4, -0.2) is 46.6 Å². The summed E-state index contributed by atoms with van der Waals surface area (Å²) in [5.41, 5.74) is 7.50. The van der Waals surface area contributed by atoms with E-state index < -0.39 is 17.6 Å². The van der Waals surface area contributed by atoms with Crippen LogP contribution in [0.15, 0.2) is 55.3 Å². The van der Waals surface area contributed by atoms with Crippen molar-refractivity contribution in [3.05, 3.63) is 71.4 Å². The summed E-state index contributed by atoms with van der Waals surface area (Å²) in [6.45, 7) is 11.2. The molecule has 0 aliphatic carbocycles. The predicted molar refractivity (Wildman–Crippen MR) is 163 cm³/mol. The summed E-state index contributed by atoms with van der Waals surface area (Å²) >= 11 is 6.34. The first-order valence-electron chi connectivity index (χ1n) is 13.0. The topological polar surface area (TPSA) is 170 Å². The Bertz CT molecular complexity index is 1470. The lowest BCUT2D eigenvalue weighted by atomic mass is 10.1. The number of carbonyl (C=O) groups is 3. The van der Waals surface area contributed by atoms with Gasteiger partial charge >= 0.3 is 6.09 Å². The highest BCUT2D eigenvalue weighted by molar-refractivity contribution is 6.33. The molecule has 3 aromatic rings. The van der Waals surface area contributed by atoms with Crippen LogP contribution in [0.2, 0.25) is 5.02 Å². The summed E-state index contributed by atoms with van der Waals surface area (Å²) in [6, 6.07) is 10.3. The average Bonchev–Trinajstić information content (AvgIpc) is 2.91. The maximum absolute atomic E-state index is 12.2. The average molecular weight is 596 g/mol. The Morgan fingerprint density at radius 3 is 2.48 bits per heavy atom. The number of rotatable bonds is 12. The minimum absolute atomic E-state index is 0.155. The molecule has 42 heavy (non-hydrogen) atoms. The Labute approximate surface area is 249 Å². The Balaban J connectivity index is 1.71. The minimum atomic E-state index is -0.683. The van der Waals surface area contributed by atoms with Crippen molar-refractivity contribution in [2.45, 2.75) is 39.7 Å². The number of hydrogen-bond acceptors (Lipinski definition) is 9. The maximum Gasteiger partial charge on any atom is 0.407 e. The quantitative estimate of drug-likeness (QED) is 0.135. The number of para-hydroxylation sites is 2. The van der Waals surface area contributed by atoms with Crippen molar-refractivity contribution in [2.24, 2.45) is 5.73 Å². The van der Waals surface area contributed by atoms with E-state index in [9.17, 15) is 14.4 Å². The molecule has 0 atom stereocenters. The summed E-state index contributed by atoms with van der Waals surface area (Å²) in [5, 5.41) is 11.8. The molecule has 0 saturated heterocycles. The number of nitrogens with one attached hydrogen (secondary N) is 4. The zero-order valence-electron chi connectivity index (χ0n) is 23.8. The number of aromatic nitrogens is 2. The third-order valence-corrected chi connectivity index (χ3v) is 5.73. The summed E-state index contributed by atoms with van der Waals surface area (Å²) in [6.07, 6.45) is 2.54. The molecule has 0 aliphatic heterocycles. The predicted octanol–water partition coefficient (Wildman–Crippen LogP) is 5.44. The van der Waals surface area contributed by atoms with E-state index in [1.54, 1.807) is 57.2 Å². The zero-order valence-corrected chi connectivity index (χ0v) is 24.6. The van der Waals surface area contributed by atoms with Crippen molar-refractivity contribution in [1.82, 2.24) is 15.3 Å². The van der Waals surface area contributed by atoms with Gasteiger partial charge in [-0.25, -0.2) is 9.78 Å². The van der Waals surface area contributed by atoms with Gasteiger partial charge in [-0.1, -0.05) is 30.3 Å². The van der Waals surface area contributed by atoms with Gasteiger partial charge in [-0.05, 0) is 70.0 Å². The number of primary amides is 1. The van der Waals surface area contributed by atoms with Crippen LogP contribution in [0.25, 0.3) is 0 Å². The molecule has 12 nitrogen and oxygen atoms in total. The molecule has 1 aromatic heterocycles. The van der Waals surface area contributed by atoms with E-state index in [1.165, 1.54) is 12.3 Å². The van der Waals surface area contributed by atoms with Gasteiger partial charge in [0.25, 0.3) is 5.91 Å². The van der Waals surface area contributed by atoms with Crippen LogP contribution >= 0.6 is 11.6 Å². The molecular weight excluding hydrogens is 562 g/mol. The van der Waals surface area contributed by atoms with Crippen molar-refractivity contribution in [1.29, 1.82) is 0 Å². The van der Waals surface area contributed by atoms with Crippen molar-refractivity contribution in [3.8, 4) is 5.75 Å². The fourth-order valence-corrected chi connectivity index (χ4v) is 3.67. The van der Waals surface area contributed by atoms with Gasteiger partial charge in [-0.2, -0.15) is 4.98 Å².